The molecule has 0 spiro atoms. The molecule has 0 aromatic carbocycles. The van der Waals surface area contributed by atoms with E-state index < -0.39 is 10.4 Å². The van der Waals surface area contributed by atoms with Gasteiger partial charge < -0.3 is 0 Å². The average molecular weight is 302 g/mol. The van der Waals surface area contributed by atoms with Crippen LogP contribution in [0, 0.1) is 0 Å². The van der Waals surface area contributed by atoms with Crippen molar-refractivity contribution in [2.45, 2.75) is 10.4 Å². The van der Waals surface area contributed by atoms with Crippen LogP contribution in [0.1, 0.15) is 0 Å². The van der Waals surface area contributed by atoms with Gasteiger partial charge in [-0.25, -0.2) is 0 Å². The molecule has 0 aliphatic rings. The van der Waals surface area contributed by atoms with Gasteiger partial charge in [0.2, 0.25) is 0 Å². The molecular formula is C4H9AuO3. The van der Waals surface area contributed by atoms with E-state index in [1.54, 1.807) is 0 Å². The Morgan fingerprint density at radius 2 is 2.12 bits per heavy atom. The molecule has 0 saturated carbocycles. The second-order valence-electron chi connectivity index (χ2n) is 1.35. The van der Waals surface area contributed by atoms with E-state index in [2.05, 4.69) is 4.74 Å². The Morgan fingerprint density at radius 1 is 1.62 bits per heavy atom. The fraction of sp³-hybridized carbons (Fsp3) is 1.00. The Hall–Kier alpha value is 0.620. The predicted octanol–water partition coefficient (Wildman–Crippen LogP) is -1.14. The molecular weight excluding hydrogens is 293 g/mol. The van der Waals surface area contributed by atoms with Gasteiger partial charge in [0.1, 0.15) is 0 Å². The van der Waals surface area contributed by atoms with E-state index in [1.165, 1.54) is 7.11 Å². The van der Waals surface area contributed by atoms with Gasteiger partial charge in [-0.15, -0.1) is 0 Å². The number of hydrogen-bond acceptors (Lipinski definition) is 3. The molecule has 2 N–H and O–H groups in total. The monoisotopic (exact) mass is 302 g/mol. The Morgan fingerprint density at radius 3 is 2.25 bits per heavy atom. The molecule has 0 bridgehead atoms. The fourth-order valence-corrected chi connectivity index (χ4v) is 0.451. The molecule has 54 valence electrons. The summed E-state index contributed by atoms with van der Waals surface area (Å²) in [5.74, 6) is 0. The number of ether oxygens (including phenoxy) is 1. The van der Waals surface area contributed by atoms with Crippen molar-refractivity contribution < 1.29 is 36.0 Å². The van der Waals surface area contributed by atoms with Crippen LogP contribution >= 0.6 is 0 Å². The molecule has 0 heterocycles. The van der Waals surface area contributed by atoms with Crippen LogP contribution in [0.2, 0.25) is 0 Å². The Labute approximate surface area is 60.6 Å². The molecule has 4 heteroatoms. The minimum absolute atomic E-state index is 0.178. The van der Waals surface area contributed by atoms with Crippen molar-refractivity contribution in [1.82, 2.24) is 0 Å². The summed E-state index contributed by atoms with van der Waals surface area (Å²) in [6.45, 7) is 0.178. The first-order valence-electron chi connectivity index (χ1n) is 2.13. The van der Waals surface area contributed by atoms with Crippen LogP contribution in [-0.2, 0) is 25.8 Å². The van der Waals surface area contributed by atoms with Crippen molar-refractivity contribution in [1.29, 1.82) is 0 Å². The molecule has 2 unspecified atom stereocenters. The topological polar surface area (TPSA) is 49.7 Å². The van der Waals surface area contributed by atoms with Gasteiger partial charge in [0, 0.05) is 0 Å². The number of hydrogen-bond donors (Lipinski definition) is 2. The molecule has 0 rings (SSSR count). The van der Waals surface area contributed by atoms with E-state index in [4.69, 9.17) is 10.2 Å². The Balaban J connectivity index is 3.17. The minimum atomic E-state index is -0.775. The molecule has 0 radical (unpaired) electrons. The van der Waals surface area contributed by atoms with Gasteiger partial charge in [-0.1, -0.05) is 0 Å². The van der Waals surface area contributed by atoms with E-state index in [0.717, 1.165) is 0 Å². The quantitative estimate of drug-likeness (QED) is 0.648. The van der Waals surface area contributed by atoms with Crippen LogP contribution in [0.3, 0.4) is 0 Å². The van der Waals surface area contributed by atoms with Gasteiger partial charge >= 0.3 is 60.2 Å². The van der Waals surface area contributed by atoms with Crippen LogP contribution in [-0.4, -0.2) is 34.4 Å². The van der Waals surface area contributed by atoms with Crippen LogP contribution in [0.5, 0.6) is 0 Å². The SMILES string of the molecule is COCC(O)[CH](O)[Au]. The molecule has 2 atom stereocenters. The molecule has 0 aliphatic heterocycles. The summed E-state index contributed by atoms with van der Waals surface area (Å²) in [6.07, 6.45) is -0.775. The zero-order valence-electron chi connectivity index (χ0n) is 4.47. The zero-order chi connectivity index (χ0) is 6.57. The first kappa shape index (κ1) is 8.62. The first-order valence-corrected chi connectivity index (χ1v) is 3.38. The number of methoxy groups -OCH3 is 1. The van der Waals surface area contributed by atoms with Gasteiger partial charge in [-0.2, -0.15) is 0 Å². The second kappa shape index (κ2) is 4.49. The van der Waals surface area contributed by atoms with Crippen LogP contribution < -0.4 is 0 Å². The molecule has 8 heavy (non-hydrogen) atoms. The standard InChI is InChI=1S/C4H9O3.Au/c1-7-3-4(6)2-5;/h2,4-6H,3H2,1H3;. The number of aliphatic hydroxyl groups is 2. The zero-order valence-corrected chi connectivity index (χ0v) is 6.63. The summed E-state index contributed by atoms with van der Waals surface area (Å²) in [5.41, 5.74) is 0. The molecule has 0 fully saturated rings. The van der Waals surface area contributed by atoms with Crippen molar-refractivity contribution in [3.8, 4) is 0 Å². The summed E-state index contributed by atoms with van der Waals surface area (Å²) >= 11 is 1.89. The van der Waals surface area contributed by atoms with Gasteiger partial charge in [-0.05, 0) is 0 Å². The van der Waals surface area contributed by atoms with E-state index in [0.29, 0.717) is 0 Å². The summed E-state index contributed by atoms with van der Waals surface area (Å²) in [7, 11) is 1.47. The third-order valence-corrected chi connectivity index (χ3v) is 1.46. The molecule has 0 aromatic rings. The van der Waals surface area contributed by atoms with Crippen molar-refractivity contribution in [2.75, 3.05) is 13.7 Å². The third-order valence-electron chi connectivity index (χ3n) is 0.626. The fourth-order valence-electron chi connectivity index (χ4n) is 0.243. The van der Waals surface area contributed by atoms with Gasteiger partial charge in [0.05, 0.1) is 0 Å². The van der Waals surface area contributed by atoms with Crippen LogP contribution in [0.4, 0.5) is 0 Å². The van der Waals surface area contributed by atoms with Gasteiger partial charge in [0.25, 0.3) is 0 Å². The maximum absolute atomic E-state index is 8.74. The molecule has 0 saturated heterocycles. The first-order chi connectivity index (χ1) is 3.68. The van der Waals surface area contributed by atoms with Crippen LogP contribution in [0.15, 0.2) is 0 Å². The van der Waals surface area contributed by atoms with Crippen molar-refractivity contribution in [2.24, 2.45) is 0 Å². The van der Waals surface area contributed by atoms with Crippen LogP contribution in [0.25, 0.3) is 0 Å². The van der Waals surface area contributed by atoms with Crippen molar-refractivity contribution in [3.63, 3.8) is 0 Å². The average Bonchev–Trinajstić information content (AvgIpc) is 1.67. The summed E-state index contributed by atoms with van der Waals surface area (Å²) in [5, 5.41) is 17.3. The summed E-state index contributed by atoms with van der Waals surface area (Å²) in [6, 6.07) is 0. The van der Waals surface area contributed by atoms with Crippen molar-refractivity contribution >= 4 is 0 Å². The van der Waals surface area contributed by atoms with Crippen molar-refractivity contribution in [3.05, 3.63) is 0 Å². The molecule has 0 amide bonds. The molecule has 3 nitrogen and oxygen atoms in total. The predicted molar refractivity (Wildman–Crippen MR) is 23.9 cm³/mol. The van der Waals surface area contributed by atoms with E-state index in [-0.39, 0.29) is 6.61 Å². The Kier molecular flexibility index (Phi) is 4.84. The van der Waals surface area contributed by atoms with E-state index in [9.17, 15) is 0 Å². The second-order valence-corrected chi connectivity index (χ2v) is 2.63. The normalized spacial score (nSPS) is 18.1. The number of rotatable bonds is 3. The summed E-state index contributed by atoms with van der Waals surface area (Å²) in [4.78, 5) is 0. The molecule has 0 aromatic heterocycles. The maximum atomic E-state index is 8.74. The number of aliphatic hydroxyl groups excluding tert-OH is 2. The van der Waals surface area contributed by atoms with Gasteiger partial charge in [-0.3, -0.25) is 0 Å². The van der Waals surface area contributed by atoms with E-state index in [1.807, 2.05) is 21.1 Å². The van der Waals surface area contributed by atoms with E-state index >= 15 is 0 Å². The third kappa shape index (κ3) is 3.60. The molecule has 0 aliphatic carbocycles. The van der Waals surface area contributed by atoms with Gasteiger partial charge in [0.15, 0.2) is 0 Å². The Bertz CT molecular complexity index is 57.2. The summed E-state index contributed by atoms with van der Waals surface area (Å²) < 4.78 is 3.79.